The normalized spacial score (nSPS) is 21.5. The lowest BCUT2D eigenvalue weighted by atomic mass is 9.77. The van der Waals surface area contributed by atoms with Gasteiger partial charge >= 0.3 is 0 Å². The summed E-state index contributed by atoms with van der Waals surface area (Å²) in [6, 6.07) is 3.71. The van der Waals surface area contributed by atoms with Gasteiger partial charge in [0.05, 0.1) is 11.4 Å². The lowest BCUT2D eigenvalue weighted by molar-refractivity contribution is -0.504. The van der Waals surface area contributed by atoms with Gasteiger partial charge < -0.3 is 20.6 Å². The van der Waals surface area contributed by atoms with Crippen molar-refractivity contribution in [2.24, 2.45) is 0 Å². The summed E-state index contributed by atoms with van der Waals surface area (Å²) in [7, 11) is 0. The van der Waals surface area contributed by atoms with Crippen molar-refractivity contribution in [1.82, 2.24) is 5.32 Å². The highest BCUT2D eigenvalue weighted by molar-refractivity contribution is 6.40. The Balaban J connectivity index is 1.62. The Morgan fingerprint density at radius 2 is 1.58 bits per heavy atom. The average Bonchev–Trinajstić information content (AvgIpc) is 3.57. The molecule has 5 rings (SSSR count). The standard InChI is InChI=1S/C30H34N4O4/c1-17-13-21(23(31-19(3)35)15-25(17)33-9-5-6-10-33)27-29(37)28(30(27)38)22-14-18(2)26(34-11-7-8-12-34)16-24(22)32-20(4)36/h13-16H,5-12H2,1-4H3,(H2,31,32,35,36,37,38). The van der Waals surface area contributed by atoms with Crippen LogP contribution in [0.1, 0.15) is 57.6 Å². The van der Waals surface area contributed by atoms with Gasteiger partial charge in [0.15, 0.2) is 5.78 Å². The van der Waals surface area contributed by atoms with E-state index in [1.54, 1.807) is 0 Å². The van der Waals surface area contributed by atoms with E-state index in [9.17, 15) is 19.5 Å². The Hall–Kier alpha value is -3.94. The Morgan fingerprint density at radius 1 is 0.921 bits per heavy atom. The van der Waals surface area contributed by atoms with Crippen molar-refractivity contribution in [3.63, 3.8) is 0 Å². The molecule has 0 unspecified atom stereocenters. The third kappa shape index (κ3) is 4.59. The van der Waals surface area contributed by atoms with Crippen molar-refractivity contribution in [2.45, 2.75) is 53.4 Å². The number of anilines is 2. The maximum Gasteiger partial charge on any atom is 0.221 e. The number of nitrogens with one attached hydrogen (secondary N) is 2. The Labute approximate surface area is 223 Å². The molecule has 8 nitrogen and oxygen atoms in total. The number of nitrogens with zero attached hydrogens (tertiary/aromatic N) is 2. The number of benzene rings is 1. The highest BCUT2D eigenvalue weighted by atomic mass is 16.3. The topological polar surface area (TPSA) is 105 Å². The molecule has 0 spiro atoms. The Kier molecular flexibility index (Phi) is 6.82. The van der Waals surface area contributed by atoms with Gasteiger partial charge in [-0.2, -0.15) is 0 Å². The van der Waals surface area contributed by atoms with Gasteiger partial charge in [-0.1, -0.05) is 5.76 Å². The van der Waals surface area contributed by atoms with E-state index in [1.807, 2.05) is 38.1 Å². The van der Waals surface area contributed by atoms with Crippen LogP contribution in [0.5, 0.6) is 0 Å². The van der Waals surface area contributed by atoms with E-state index in [0.717, 1.165) is 74.4 Å². The summed E-state index contributed by atoms with van der Waals surface area (Å²) in [5.41, 5.74) is 5.82. The van der Waals surface area contributed by atoms with E-state index in [1.165, 1.54) is 13.8 Å². The lowest BCUT2D eigenvalue weighted by Crippen LogP contribution is -2.34. The van der Waals surface area contributed by atoms with E-state index < -0.39 is 0 Å². The third-order valence-corrected chi connectivity index (χ3v) is 7.63. The van der Waals surface area contributed by atoms with Crippen molar-refractivity contribution >= 4 is 40.3 Å². The largest absolute Gasteiger partial charge is 0.871 e. The first-order chi connectivity index (χ1) is 18.2. The van der Waals surface area contributed by atoms with Crippen molar-refractivity contribution in [1.29, 1.82) is 0 Å². The van der Waals surface area contributed by atoms with Crippen LogP contribution in [0.2, 0.25) is 0 Å². The predicted molar refractivity (Wildman–Crippen MR) is 146 cm³/mol. The molecule has 1 aromatic rings. The highest BCUT2D eigenvalue weighted by Crippen LogP contribution is 2.43. The van der Waals surface area contributed by atoms with Gasteiger partial charge in [-0.25, -0.2) is 4.58 Å². The van der Waals surface area contributed by atoms with Crippen LogP contribution in [-0.4, -0.2) is 54.1 Å². The maximum atomic E-state index is 13.6. The fourth-order valence-electron chi connectivity index (χ4n) is 5.87. The van der Waals surface area contributed by atoms with Gasteiger partial charge in [0.25, 0.3) is 0 Å². The Morgan fingerprint density at radius 3 is 2.18 bits per heavy atom. The summed E-state index contributed by atoms with van der Waals surface area (Å²) >= 11 is 0. The predicted octanol–water partition coefficient (Wildman–Crippen LogP) is 2.73. The molecule has 198 valence electrons. The molecule has 2 N–H and O–H groups in total. The second-order valence-corrected chi connectivity index (χ2v) is 10.5. The monoisotopic (exact) mass is 514 g/mol. The molecule has 0 atom stereocenters. The molecular formula is C30H34N4O4. The summed E-state index contributed by atoms with van der Waals surface area (Å²) in [6.07, 6.45) is 8.13. The molecule has 2 aliphatic carbocycles. The molecule has 0 saturated carbocycles. The first-order valence-corrected chi connectivity index (χ1v) is 13.3. The number of amides is 2. The van der Waals surface area contributed by atoms with E-state index in [4.69, 9.17) is 0 Å². The number of rotatable bonds is 4. The fourth-order valence-corrected chi connectivity index (χ4v) is 5.87. The summed E-state index contributed by atoms with van der Waals surface area (Å²) < 4.78 is 2.27. The van der Waals surface area contributed by atoms with Crippen LogP contribution in [0, 0.1) is 6.92 Å². The average molecular weight is 515 g/mol. The van der Waals surface area contributed by atoms with Crippen molar-refractivity contribution in [2.75, 3.05) is 36.4 Å². The van der Waals surface area contributed by atoms with Crippen LogP contribution in [-0.2, 0) is 14.4 Å². The number of hydrogen-bond donors (Lipinski definition) is 2. The van der Waals surface area contributed by atoms with Crippen LogP contribution in [0.4, 0.5) is 11.4 Å². The zero-order valence-electron chi connectivity index (χ0n) is 22.5. The maximum absolute atomic E-state index is 13.6. The highest BCUT2D eigenvalue weighted by Gasteiger charge is 2.36. The van der Waals surface area contributed by atoms with Crippen LogP contribution in [0.25, 0.3) is 5.57 Å². The lowest BCUT2D eigenvalue weighted by Gasteiger charge is -2.35. The van der Waals surface area contributed by atoms with Gasteiger partial charge in [-0.05, 0) is 50.5 Å². The molecule has 38 heavy (non-hydrogen) atoms. The smallest absolute Gasteiger partial charge is 0.221 e. The Bertz CT molecular complexity index is 1410. The number of carbonyl (C=O) groups is 3. The van der Waals surface area contributed by atoms with Crippen molar-refractivity contribution < 1.29 is 24.1 Å². The zero-order valence-corrected chi connectivity index (χ0v) is 22.5. The van der Waals surface area contributed by atoms with Crippen LogP contribution in [0.15, 0.2) is 52.5 Å². The van der Waals surface area contributed by atoms with E-state index in [-0.39, 0.29) is 34.5 Å². The van der Waals surface area contributed by atoms with E-state index in [0.29, 0.717) is 22.5 Å². The molecule has 2 amide bonds. The number of allylic oxidation sites excluding steroid dienone is 5. The van der Waals surface area contributed by atoms with Crippen LogP contribution >= 0.6 is 0 Å². The number of Topliss-reactive ketones (excluding diaryl/α,β-unsaturated/α-hetero) is 1. The van der Waals surface area contributed by atoms with Crippen molar-refractivity contribution in [3.05, 3.63) is 63.6 Å². The van der Waals surface area contributed by atoms with Gasteiger partial charge in [0.1, 0.15) is 13.1 Å². The first-order valence-electron chi connectivity index (χ1n) is 13.3. The number of hydrogen-bond acceptors (Lipinski definition) is 5. The molecule has 0 bridgehead atoms. The summed E-state index contributed by atoms with van der Waals surface area (Å²) in [5.74, 6) is -1.30. The van der Waals surface area contributed by atoms with Gasteiger partial charge in [-0.3, -0.25) is 14.4 Å². The molecule has 0 radical (unpaired) electrons. The van der Waals surface area contributed by atoms with Gasteiger partial charge in [0, 0.05) is 79.4 Å². The van der Waals surface area contributed by atoms with E-state index in [2.05, 4.69) is 20.1 Å². The van der Waals surface area contributed by atoms with E-state index >= 15 is 0 Å². The second-order valence-electron chi connectivity index (χ2n) is 10.5. The number of ketones is 1. The third-order valence-electron chi connectivity index (χ3n) is 7.63. The second kappa shape index (κ2) is 10.1. The molecule has 2 heterocycles. The molecule has 2 aliphatic heterocycles. The molecular weight excluding hydrogens is 480 g/mol. The van der Waals surface area contributed by atoms with Crippen LogP contribution < -0.4 is 20.6 Å². The molecule has 2 fully saturated rings. The fraction of sp³-hybridized carbons (Fsp3) is 0.400. The number of aryl methyl sites for hydroxylation is 1. The quantitative estimate of drug-likeness (QED) is 0.475. The van der Waals surface area contributed by atoms with Gasteiger partial charge in [-0.15, -0.1) is 0 Å². The minimum Gasteiger partial charge on any atom is -0.871 e. The molecule has 4 aliphatic rings. The van der Waals surface area contributed by atoms with Gasteiger partial charge in [0.2, 0.25) is 17.5 Å². The molecule has 1 aromatic carbocycles. The molecule has 8 heteroatoms. The first kappa shape index (κ1) is 25.7. The summed E-state index contributed by atoms with van der Waals surface area (Å²) in [4.78, 5) is 39.9. The molecule has 0 aromatic heterocycles. The minimum atomic E-state index is -0.380. The minimum absolute atomic E-state index is 0.0647. The molecule has 2 saturated heterocycles. The summed E-state index contributed by atoms with van der Waals surface area (Å²) in [6.45, 7) is 10.5. The number of carbonyl (C=O) groups excluding carboxylic acids is 3. The zero-order chi connectivity index (χ0) is 27.1. The van der Waals surface area contributed by atoms with Crippen LogP contribution in [0.3, 0.4) is 0 Å². The van der Waals surface area contributed by atoms with Crippen molar-refractivity contribution in [3.8, 4) is 0 Å². The SMILES string of the molecule is CC(=O)NC1=CC(=[N+]2CCCC2)C(C)=C/C1=C1/C(=O)C(c2cc(C)c(N3CCCC3)cc2NC(C)=O)=C1[O-]. The summed E-state index contributed by atoms with van der Waals surface area (Å²) in [5, 5.41) is 19.3.